The van der Waals surface area contributed by atoms with Gasteiger partial charge in [-0.1, -0.05) is 6.07 Å². The molecule has 96 valence electrons. The molecule has 2 unspecified atom stereocenters. The summed E-state index contributed by atoms with van der Waals surface area (Å²) in [6.07, 6.45) is 2.28. The van der Waals surface area contributed by atoms with Crippen molar-refractivity contribution < 1.29 is 8.95 Å². The Balaban J connectivity index is 1.96. The Hall–Kier alpha value is -1.18. The maximum absolute atomic E-state index is 12.0. The summed E-state index contributed by atoms with van der Waals surface area (Å²) in [5.74, 6) is 1.18. The number of hydrogen-bond donors (Lipinski definition) is 0. The third-order valence-electron chi connectivity index (χ3n) is 3.18. The summed E-state index contributed by atoms with van der Waals surface area (Å²) >= 11 is 0. The molecule has 2 rings (SSSR count). The predicted molar refractivity (Wildman–Crippen MR) is 71.6 cm³/mol. The van der Waals surface area contributed by atoms with Gasteiger partial charge in [0.2, 0.25) is 0 Å². The van der Waals surface area contributed by atoms with Crippen molar-refractivity contribution in [3.63, 3.8) is 0 Å². The summed E-state index contributed by atoms with van der Waals surface area (Å²) in [6, 6.07) is 7.64. The van der Waals surface area contributed by atoms with E-state index in [1.54, 1.807) is 6.07 Å². The highest BCUT2D eigenvalue weighted by Gasteiger charge is 2.18. The van der Waals surface area contributed by atoms with E-state index in [0.29, 0.717) is 17.1 Å². The quantitative estimate of drug-likeness (QED) is 0.837. The van der Waals surface area contributed by atoms with E-state index >= 15 is 0 Å². The largest absolute Gasteiger partial charge is 0.377 e. The number of aryl methyl sites for hydroxylation is 1. The third kappa shape index (κ3) is 3.41. The SMILES string of the molecule is Cc1cc(C#N)ccc1CS(=O)CC1CCCO1. The van der Waals surface area contributed by atoms with E-state index in [2.05, 4.69) is 6.07 Å². The van der Waals surface area contributed by atoms with Crippen LogP contribution in [0.1, 0.15) is 29.5 Å². The molecule has 0 amide bonds. The van der Waals surface area contributed by atoms with Gasteiger partial charge in [-0.3, -0.25) is 4.21 Å². The molecule has 2 atom stereocenters. The van der Waals surface area contributed by atoms with E-state index in [1.165, 1.54) is 0 Å². The zero-order valence-corrected chi connectivity index (χ0v) is 11.3. The molecule has 0 bridgehead atoms. The summed E-state index contributed by atoms with van der Waals surface area (Å²) in [6.45, 7) is 2.76. The Morgan fingerprint density at radius 3 is 3.00 bits per heavy atom. The zero-order chi connectivity index (χ0) is 13.0. The van der Waals surface area contributed by atoms with Crippen LogP contribution < -0.4 is 0 Å². The first-order chi connectivity index (χ1) is 8.69. The lowest BCUT2D eigenvalue weighted by molar-refractivity contribution is 0.128. The van der Waals surface area contributed by atoms with Gasteiger partial charge < -0.3 is 4.74 Å². The molecule has 1 saturated heterocycles. The molecule has 0 aliphatic carbocycles. The highest BCUT2D eigenvalue weighted by molar-refractivity contribution is 7.84. The first-order valence-corrected chi connectivity index (χ1v) is 7.64. The van der Waals surface area contributed by atoms with E-state index in [0.717, 1.165) is 30.6 Å². The molecular weight excluding hydrogens is 246 g/mol. The number of nitrogens with zero attached hydrogens (tertiary/aromatic N) is 1. The molecule has 0 N–H and O–H groups in total. The topological polar surface area (TPSA) is 50.1 Å². The van der Waals surface area contributed by atoms with E-state index in [9.17, 15) is 4.21 Å². The van der Waals surface area contributed by atoms with Crippen molar-refractivity contribution in [1.82, 2.24) is 0 Å². The van der Waals surface area contributed by atoms with Crippen LogP contribution in [0.5, 0.6) is 0 Å². The maximum Gasteiger partial charge on any atom is 0.0991 e. The van der Waals surface area contributed by atoms with E-state index in [1.807, 2.05) is 19.1 Å². The van der Waals surface area contributed by atoms with Crippen LogP contribution >= 0.6 is 0 Å². The van der Waals surface area contributed by atoms with Crippen LogP contribution in [0.15, 0.2) is 18.2 Å². The first-order valence-electron chi connectivity index (χ1n) is 6.15. The summed E-state index contributed by atoms with van der Waals surface area (Å²) in [7, 11) is -0.888. The lowest BCUT2D eigenvalue weighted by Gasteiger charge is -2.10. The van der Waals surface area contributed by atoms with Gasteiger partial charge in [0.25, 0.3) is 0 Å². The van der Waals surface area contributed by atoms with Gasteiger partial charge in [-0.05, 0) is 43.0 Å². The average molecular weight is 263 g/mol. The fourth-order valence-corrected chi connectivity index (χ4v) is 3.61. The second-order valence-corrected chi connectivity index (χ2v) is 6.14. The molecule has 1 aliphatic heterocycles. The van der Waals surface area contributed by atoms with Crippen LogP contribution in [0.3, 0.4) is 0 Å². The van der Waals surface area contributed by atoms with Gasteiger partial charge in [0.1, 0.15) is 0 Å². The number of rotatable bonds is 4. The third-order valence-corrected chi connectivity index (χ3v) is 4.56. The molecule has 1 heterocycles. The van der Waals surface area contributed by atoms with E-state index in [-0.39, 0.29) is 6.10 Å². The van der Waals surface area contributed by atoms with Crippen LogP contribution in [-0.2, 0) is 21.3 Å². The second-order valence-electron chi connectivity index (χ2n) is 4.64. The van der Waals surface area contributed by atoms with Crippen LogP contribution in [0, 0.1) is 18.3 Å². The molecule has 4 heteroatoms. The normalized spacial score (nSPS) is 20.6. The van der Waals surface area contributed by atoms with Crippen molar-refractivity contribution in [3.8, 4) is 6.07 Å². The van der Waals surface area contributed by atoms with E-state index < -0.39 is 10.8 Å². The van der Waals surface area contributed by atoms with Gasteiger partial charge in [0.05, 0.1) is 23.5 Å². The summed E-state index contributed by atoms with van der Waals surface area (Å²) < 4.78 is 17.5. The van der Waals surface area contributed by atoms with Crippen molar-refractivity contribution in [2.75, 3.05) is 12.4 Å². The van der Waals surface area contributed by atoms with Gasteiger partial charge in [-0.15, -0.1) is 0 Å². The molecule has 1 fully saturated rings. The van der Waals surface area contributed by atoms with Gasteiger partial charge in [-0.25, -0.2) is 0 Å². The van der Waals surface area contributed by atoms with Crippen LogP contribution in [0.25, 0.3) is 0 Å². The Morgan fingerprint density at radius 2 is 2.39 bits per heavy atom. The van der Waals surface area contributed by atoms with Crippen LogP contribution in [0.2, 0.25) is 0 Å². The maximum atomic E-state index is 12.0. The molecular formula is C14H17NO2S. The molecule has 1 aromatic rings. The second kappa shape index (κ2) is 6.12. The Kier molecular flexibility index (Phi) is 4.51. The van der Waals surface area contributed by atoms with Crippen LogP contribution in [-0.4, -0.2) is 22.7 Å². The zero-order valence-electron chi connectivity index (χ0n) is 10.5. The first kappa shape index (κ1) is 13.3. The summed E-state index contributed by atoms with van der Waals surface area (Å²) in [5.41, 5.74) is 2.75. The molecule has 18 heavy (non-hydrogen) atoms. The molecule has 0 spiro atoms. The predicted octanol–water partition coefficient (Wildman–Crippen LogP) is 2.29. The van der Waals surface area contributed by atoms with Crippen molar-refractivity contribution in [1.29, 1.82) is 5.26 Å². The van der Waals surface area contributed by atoms with Gasteiger partial charge >= 0.3 is 0 Å². The average Bonchev–Trinajstić information content (AvgIpc) is 2.84. The number of hydrogen-bond acceptors (Lipinski definition) is 3. The van der Waals surface area contributed by atoms with Gasteiger partial charge in [-0.2, -0.15) is 5.26 Å². The molecule has 0 radical (unpaired) electrons. The summed E-state index contributed by atoms with van der Waals surface area (Å²) in [4.78, 5) is 0. The Morgan fingerprint density at radius 1 is 1.56 bits per heavy atom. The standard InChI is InChI=1S/C14H17NO2S/c1-11-7-12(8-15)4-5-13(11)9-18(16)10-14-3-2-6-17-14/h4-5,7,14H,2-3,6,9-10H2,1H3. The van der Waals surface area contributed by atoms with Gasteiger partial charge in [0.15, 0.2) is 0 Å². The monoisotopic (exact) mass is 263 g/mol. The highest BCUT2D eigenvalue weighted by atomic mass is 32.2. The minimum absolute atomic E-state index is 0.171. The minimum Gasteiger partial charge on any atom is -0.377 e. The molecule has 0 saturated carbocycles. The summed E-state index contributed by atoms with van der Waals surface area (Å²) in [5, 5.41) is 8.80. The molecule has 3 nitrogen and oxygen atoms in total. The smallest absolute Gasteiger partial charge is 0.0991 e. The minimum atomic E-state index is -0.888. The number of ether oxygens (including phenoxy) is 1. The molecule has 1 aliphatic rings. The number of nitriles is 1. The fraction of sp³-hybridized carbons (Fsp3) is 0.500. The van der Waals surface area contributed by atoms with Crippen molar-refractivity contribution in [3.05, 3.63) is 34.9 Å². The number of benzene rings is 1. The lowest BCUT2D eigenvalue weighted by atomic mass is 10.1. The van der Waals surface area contributed by atoms with Gasteiger partial charge in [0, 0.05) is 23.2 Å². The fourth-order valence-electron chi connectivity index (χ4n) is 2.14. The Labute approximate surface area is 110 Å². The Bertz CT molecular complexity index is 487. The highest BCUT2D eigenvalue weighted by Crippen LogP contribution is 2.17. The van der Waals surface area contributed by atoms with Crippen molar-refractivity contribution in [2.45, 2.75) is 31.6 Å². The van der Waals surface area contributed by atoms with Crippen molar-refractivity contribution >= 4 is 10.8 Å². The molecule has 0 aromatic heterocycles. The van der Waals surface area contributed by atoms with Crippen LogP contribution in [0.4, 0.5) is 0 Å². The molecule has 1 aromatic carbocycles. The van der Waals surface area contributed by atoms with Crippen molar-refractivity contribution in [2.24, 2.45) is 0 Å². The lowest BCUT2D eigenvalue weighted by Crippen LogP contribution is -2.16. The van der Waals surface area contributed by atoms with E-state index in [4.69, 9.17) is 10.00 Å².